The monoisotopic (exact) mass is 368 g/mol. The molecule has 0 N–H and O–H groups in total. The van der Waals surface area contributed by atoms with Gasteiger partial charge in [-0.2, -0.15) is 0 Å². The molecule has 4 aromatic rings. The Balaban J connectivity index is 1.80. The Bertz CT molecular complexity index is 1380. The lowest BCUT2D eigenvalue weighted by atomic mass is 9.65. The summed E-state index contributed by atoms with van der Waals surface area (Å²) in [6.07, 6.45) is 9.23. The van der Waals surface area contributed by atoms with E-state index in [2.05, 4.69) is 121 Å². The first kappa shape index (κ1) is 16.3. The zero-order chi connectivity index (χ0) is 19.3. The third-order valence-electron chi connectivity index (χ3n) is 6.30. The van der Waals surface area contributed by atoms with Crippen LogP contribution in [0.4, 0.5) is 0 Å². The summed E-state index contributed by atoms with van der Waals surface area (Å²) < 4.78 is 0. The van der Waals surface area contributed by atoms with Crippen LogP contribution in [0.3, 0.4) is 0 Å². The van der Waals surface area contributed by atoms with E-state index in [9.17, 15) is 0 Å². The molecule has 0 unspecified atom stereocenters. The molecule has 6 rings (SSSR count). The van der Waals surface area contributed by atoms with E-state index in [1.165, 1.54) is 43.5 Å². The van der Waals surface area contributed by atoms with Crippen molar-refractivity contribution in [2.45, 2.75) is 5.41 Å². The van der Waals surface area contributed by atoms with Crippen molar-refractivity contribution in [1.29, 1.82) is 0 Å². The molecule has 0 aliphatic heterocycles. The van der Waals surface area contributed by atoms with E-state index >= 15 is 0 Å². The lowest BCUT2D eigenvalue weighted by Gasteiger charge is -2.36. The Morgan fingerprint density at radius 1 is 0.586 bits per heavy atom. The van der Waals surface area contributed by atoms with E-state index in [0.717, 1.165) is 0 Å². The van der Waals surface area contributed by atoms with Gasteiger partial charge in [-0.1, -0.05) is 115 Å². The summed E-state index contributed by atoms with van der Waals surface area (Å²) in [7, 11) is 0. The maximum Gasteiger partial charge on any atom is 0.0647 e. The molecule has 4 aromatic carbocycles. The van der Waals surface area contributed by atoms with Crippen LogP contribution < -0.4 is 10.4 Å². The van der Waals surface area contributed by atoms with Gasteiger partial charge in [0, 0.05) is 0 Å². The van der Waals surface area contributed by atoms with Gasteiger partial charge in [0.2, 0.25) is 0 Å². The highest BCUT2D eigenvalue weighted by Gasteiger charge is 2.40. The molecule has 0 nitrogen and oxygen atoms in total. The molecule has 0 spiro atoms. The normalized spacial score (nSPS) is 16.1. The third-order valence-corrected chi connectivity index (χ3v) is 6.30. The van der Waals surface area contributed by atoms with Gasteiger partial charge in [-0.3, -0.25) is 0 Å². The van der Waals surface area contributed by atoms with Crippen molar-refractivity contribution in [2.75, 3.05) is 0 Å². The van der Waals surface area contributed by atoms with Crippen LogP contribution >= 0.6 is 0 Å². The number of benzene rings is 4. The molecule has 0 heteroatoms. The van der Waals surface area contributed by atoms with Crippen molar-refractivity contribution in [3.05, 3.63) is 142 Å². The summed E-state index contributed by atoms with van der Waals surface area (Å²) in [4.78, 5) is 0. The van der Waals surface area contributed by atoms with Crippen LogP contribution in [-0.4, -0.2) is 0 Å². The fourth-order valence-electron chi connectivity index (χ4n) is 5.05. The minimum Gasteiger partial charge on any atom is -0.0652 e. The van der Waals surface area contributed by atoms with Crippen LogP contribution in [0.15, 0.2) is 121 Å². The zero-order valence-electron chi connectivity index (χ0n) is 16.0. The van der Waals surface area contributed by atoms with Crippen molar-refractivity contribution in [3.63, 3.8) is 0 Å². The van der Waals surface area contributed by atoms with E-state index in [1.807, 2.05) is 0 Å². The van der Waals surface area contributed by atoms with Crippen LogP contribution in [-0.2, 0) is 5.41 Å². The van der Waals surface area contributed by atoms with Crippen molar-refractivity contribution in [2.24, 2.45) is 0 Å². The van der Waals surface area contributed by atoms with E-state index in [4.69, 9.17) is 0 Å². The molecular formula is C29H20. The van der Waals surface area contributed by atoms with Crippen molar-refractivity contribution in [1.82, 2.24) is 0 Å². The average Bonchev–Trinajstić information content (AvgIpc) is 3.20. The first-order valence-corrected chi connectivity index (χ1v) is 10.1. The first-order valence-electron chi connectivity index (χ1n) is 10.1. The largest absolute Gasteiger partial charge is 0.0652 e. The van der Waals surface area contributed by atoms with Crippen molar-refractivity contribution < 1.29 is 0 Å². The molecule has 136 valence electrons. The molecule has 0 amide bonds. The van der Waals surface area contributed by atoms with Gasteiger partial charge < -0.3 is 0 Å². The van der Waals surface area contributed by atoms with Gasteiger partial charge in [-0.05, 0) is 49.6 Å². The topological polar surface area (TPSA) is 0 Å². The van der Waals surface area contributed by atoms with Gasteiger partial charge in [0.1, 0.15) is 0 Å². The van der Waals surface area contributed by atoms with E-state index < -0.39 is 0 Å². The standard InChI is InChI=1S/C29H20/c1-3-12-23(13-4-1)29(24-14-5-2-6-15-24)19-9-11-22-20-27-25-16-8-7-10-21(25)17-18-26(27)28(22)29/h1-20H. The second kappa shape index (κ2) is 6.18. The molecule has 2 aliphatic rings. The fraction of sp³-hybridized carbons (Fsp3) is 0.0345. The van der Waals surface area contributed by atoms with Crippen LogP contribution in [0.1, 0.15) is 11.1 Å². The van der Waals surface area contributed by atoms with E-state index in [-0.39, 0.29) is 5.41 Å². The van der Waals surface area contributed by atoms with Crippen LogP contribution in [0.5, 0.6) is 0 Å². The second-order valence-electron chi connectivity index (χ2n) is 7.79. The van der Waals surface area contributed by atoms with Crippen molar-refractivity contribution in [3.8, 4) is 0 Å². The first-order chi connectivity index (χ1) is 14.4. The average molecular weight is 368 g/mol. The molecule has 0 fully saturated rings. The second-order valence-corrected chi connectivity index (χ2v) is 7.79. The number of fused-ring (bicyclic) bond motifs is 4. The van der Waals surface area contributed by atoms with E-state index in [0.29, 0.717) is 0 Å². The molecule has 2 aliphatic carbocycles. The molecule has 0 radical (unpaired) electrons. The summed E-state index contributed by atoms with van der Waals surface area (Å²) in [5.41, 5.74) is 5.01. The number of hydrogen-bond acceptors (Lipinski definition) is 0. The Hall–Kier alpha value is -3.64. The van der Waals surface area contributed by atoms with Crippen LogP contribution in [0.2, 0.25) is 0 Å². The Kier molecular flexibility index (Phi) is 3.48. The van der Waals surface area contributed by atoms with Gasteiger partial charge in [0.25, 0.3) is 0 Å². The van der Waals surface area contributed by atoms with Gasteiger partial charge in [-0.15, -0.1) is 0 Å². The van der Waals surface area contributed by atoms with Gasteiger partial charge in [0.15, 0.2) is 0 Å². The summed E-state index contributed by atoms with van der Waals surface area (Å²) >= 11 is 0. The van der Waals surface area contributed by atoms with Gasteiger partial charge in [-0.25, -0.2) is 0 Å². The lowest BCUT2D eigenvalue weighted by molar-refractivity contribution is 0.830. The van der Waals surface area contributed by atoms with Crippen LogP contribution in [0.25, 0.3) is 22.4 Å². The Labute approximate surface area is 170 Å². The molecule has 0 saturated heterocycles. The predicted octanol–water partition coefficient (Wildman–Crippen LogP) is 5.27. The van der Waals surface area contributed by atoms with Gasteiger partial charge >= 0.3 is 0 Å². The summed E-state index contributed by atoms with van der Waals surface area (Å²) in [6, 6.07) is 35.1. The smallest absolute Gasteiger partial charge is 0.0647 e. The lowest BCUT2D eigenvalue weighted by Crippen LogP contribution is -2.35. The van der Waals surface area contributed by atoms with Crippen LogP contribution in [0, 0.1) is 0 Å². The highest BCUT2D eigenvalue weighted by Crippen LogP contribution is 2.47. The quantitative estimate of drug-likeness (QED) is 0.452. The predicted molar refractivity (Wildman–Crippen MR) is 122 cm³/mol. The molecule has 0 aromatic heterocycles. The SMILES string of the molecule is C1=CC(c2ccccc2)(c2ccccc2)C2=c3ccc4ccccc4c3=CC2=C1. The highest BCUT2D eigenvalue weighted by atomic mass is 14.4. The maximum absolute atomic E-state index is 2.37. The minimum absolute atomic E-state index is 0.295. The van der Waals surface area contributed by atoms with E-state index in [1.54, 1.807) is 0 Å². The molecule has 0 heterocycles. The number of rotatable bonds is 2. The van der Waals surface area contributed by atoms with Gasteiger partial charge in [0.05, 0.1) is 5.41 Å². The molecule has 0 atom stereocenters. The number of allylic oxidation sites excluding steroid dienone is 4. The molecular weight excluding hydrogens is 348 g/mol. The summed E-state index contributed by atoms with van der Waals surface area (Å²) in [5, 5.41) is 5.29. The Morgan fingerprint density at radius 2 is 1.24 bits per heavy atom. The summed E-state index contributed by atoms with van der Waals surface area (Å²) in [6.45, 7) is 0. The Morgan fingerprint density at radius 3 is 1.97 bits per heavy atom. The molecule has 0 bridgehead atoms. The fourth-order valence-corrected chi connectivity index (χ4v) is 5.05. The minimum atomic E-state index is -0.295. The molecule has 29 heavy (non-hydrogen) atoms. The highest BCUT2D eigenvalue weighted by molar-refractivity contribution is 5.97. The van der Waals surface area contributed by atoms with Crippen molar-refractivity contribution >= 4 is 22.4 Å². The third kappa shape index (κ3) is 2.26. The maximum atomic E-state index is 2.37. The zero-order valence-corrected chi connectivity index (χ0v) is 16.0. The summed E-state index contributed by atoms with van der Waals surface area (Å²) in [5.74, 6) is 0. The molecule has 0 saturated carbocycles. The number of hydrogen-bond donors (Lipinski definition) is 0.